The Balaban J connectivity index is 2.74. The van der Waals surface area contributed by atoms with Gasteiger partial charge >= 0.3 is 23.9 Å². The summed E-state index contributed by atoms with van der Waals surface area (Å²) in [5.41, 5.74) is 0. The monoisotopic (exact) mass is 1080 g/mol. The fourth-order valence-corrected chi connectivity index (χ4v) is 8.36. The molecule has 6 atom stereocenters. The van der Waals surface area contributed by atoms with E-state index >= 15 is 0 Å². The molecule has 0 amide bonds. The summed E-state index contributed by atoms with van der Waals surface area (Å²) >= 11 is 0. The summed E-state index contributed by atoms with van der Waals surface area (Å²) in [5, 5.41) is 31.5. The molecule has 0 saturated carbocycles. The molecule has 1 aliphatic heterocycles. The maximum absolute atomic E-state index is 13.1. The van der Waals surface area contributed by atoms with Crippen molar-refractivity contribution in [3.05, 3.63) is 109 Å². The van der Waals surface area contributed by atoms with E-state index in [9.17, 15) is 34.5 Å². The number of carbonyl (C=O) groups is 4. The predicted molar refractivity (Wildman–Crippen MR) is 312 cm³/mol. The highest BCUT2D eigenvalue weighted by atomic mass is 16.7. The minimum atomic E-state index is -1.94. The Morgan fingerprint density at radius 2 is 0.844 bits per heavy atom. The van der Waals surface area contributed by atoms with E-state index in [0.29, 0.717) is 32.1 Å². The topological polar surface area (TPSA) is 175 Å². The number of hydrogen-bond donors (Lipinski definition) is 3. The Morgan fingerprint density at radius 1 is 0.442 bits per heavy atom. The molecule has 1 fully saturated rings. The summed E-state index contributed by atoms with van der Waals surface area (Å²) in [6, 6.07) is 0. The lowest BCUT2D eigenvalue weighted by Crippen LogP contribution is -2.61. The second kappa shape index (κ2) is 52.1. The zero-order chi connectivity index (χ0) is 56.1. The zero-order valence-corrected chi connectivity index (χ0v) is 47.9. The number of carboxylic acid groups (broad SMARTS) is 1. The Morgan fingerprint density at radius 3 is 1.29 bits per heavy atom. The van der Waals surface area contributed by atoms with Crippen LogP contribution in [0.1, 0.15) is 226 Å². The number of allylic oxidation sites excluding steroid dienone is 18. The number of ether oxygens (including phenoxy) is 5. The van der Waals surface area contributed by atoms with E-state index < -0.39 is 67.3 Å². The van der Waals surface area contributed by atoms with Crippen LogP contribution in [0.25, 0.3) is 0 Å². The van der Waals surface area contributed by atoms with Crippen molar-refractivity contribution in [2.45, 2.75) is 263 Å². The number of hydrogen-bond acceptors (Lipinski definition) is 11. The van der Waals surface area contributed by atoms with Crippen molar-refractivity contribution in [2.75, 3.05) is 13.2 Å². The molecule has 3 N–H and O–H groups in total. The van der Waals surface area contributed by atoms with E-state index in [2.05, 4.69) is 106 Å². The summed E-state index contributed by atoms with van der Waals surface area (Å²) < 4.78 is 28.3. The molecule has 1 aliphatic rings. The lowest BCUT2D eigenvalue weighted by atomic mass is 9.98. The molecular weight excluding hydrogens is 973 g/mol. The molecular formula is C65H104O12. The van der Waals surface area contributed by atoms with Gasteiger partial charge in [0.2, 0.25) is 0 Å². The fraction of sp³-hybridized carbons (Fsp3) is 0.662. The van der Waals surface area contributed by atoms with Crippen molar-refractivity contribution in [1.29, 1.82) is 0 Å². The maximum Gasteiger partial charge on any atom is 0.335 e. The van der Waals surface area contributed by atoms with Gasteiger partial charge in [0.1, 0.15) is 18.8 Å². The average Bonchev–Trinajstić information content (AvgIpc) is 3.42. The van der Waals surface area contributed by atoms with E-state index in [1.807, 2.05) is 24.3 Å². The Bertz CT molecular complexity index is 1750. The van der Waals surface area contributed by atoms with Crippen molar-refractivity contribution in [2.24, 2.45) is 0 Å². The number of unbranched alkanes of at least 4 members (excludes halogenated alkanes) is 17. The van der Waals surface area contributed by atoms with Crippen molar-refractivity contribution >= 4 is 23.9 Å². The second-order valence-electron chi connectivity index (χ2n) is 19.9. The third-order valence-corrected chi connectivity index (χ3v) is 12.9. The molecule has 0 aliphatic carbocycles. The molecule has 1 rings (SSSR count). The van der Waals surface area contributed by atoms with Gasteiger partial charge in [-0.05, 0) is 83.5 Å². The molecule has 0 aromatic carbocycles. The zero-order valence-electron chi connectivity index (χ0n) is 47.9. The van der Waals surface area contributed by atoms with Gasteiger partial charge in [-0.1, -0.05) is 233 Å². The first-order valence-corrected chi connectivity index (χ1v) is 29.9. The third-order valence-electron chi connectivity index (χ3n) is 12.9. The van der Waals surface area contributed by atoms with E-state index in [-0.39, 0.29) is 25.9 Å². The van der Waals surface area contributed by atoms with Crippen molar-refractivity contribution in [1.82, 2.24) is 0 Å². The summed E-state index contributed by atoms with van der Waals surface area (Å²) in [6.07, 6.45) is 58.0. The van der Waals surface area contributed by atoms with Crippen LogP contribution in [0.3, 0.4) is 0 Å². The van der Waals surface area contributed by atoms with Gasteiger partial charge in [-0.3, -0.25) is 14.4 Å². The third kappa shape index (κ3) is 42.1. The number of aliphatic hydroxyl groups is 2. The second-order valence-corrected chi connectivity index (χ2v) is 19.9. The Hall–Kier alpha value is -4.62. The molecule has 0 spiro atoms. The van der Waals surface area contributed by atoms with Gasteiger partial charge in [0.25, 0.3) is 0 Å². The average molecular weight is 1080 g/mol. The Kier molecular flexibility index (Phi) is 47.6. The molecule has 0 aromatic heterocycles. The normalized spacial score (nSPS) is 18.8. The molecule has 12 heteroatoms. The van der Waals surface area contributed by atoms with Gasteiger partial charge in [0, 0.05) is 19.3 Å². The van der Waals surface area contributed by atoms with Gasteiger partial charge < -0.3 is 39.0 Å². The number of esters is 3. The molecule has 436 valence electrons. The Labute approximate surface area is 465 Å². The van der Waals surface area contributed by atoms with Gasteiger partial charge in [-0.15, -0.1) is 0 Å². The largest absolute Gasteiger partial charge is 0.479 e. The van der Waals surface area contributed by atoms with Crippen LogP contribution in [-0.4, -0.2) is 89.2 Å². The van der Waals surface area contributed by atoms with Crippen molar-refractivity contribution in [3.8, 4) is 0 Å². The van der Waals surface area contributed by atoms with Gasteiger partial charge in [-0.2, -0.15) is 0 Å². The first kappa shape index (κ1) is 70.4. The molecule has 1 saturated heterocycles. The van der Waals surface area contributed by atoms with Crippen LogP contribution < -0.4 is 0 Å². The van der Waals surface area contributed by atoms with E-state index in [0.717, 1.165) is 70.6 Å². The first-order chi connectivity index (χ1) is 37.6. The smallest absolute Gasteiger partial charge is 0.335 e. The van der Waals surface area contributed by atoms with Crippen LogP contribution in [-0.2, 0) is 42.9 Å². The summed E-state index contributed by atoms with van der Waals surface area (Å²) in [5.74, 6) is -3.31. The van der Waals surface area contributed by atoms with Crippen molar-refractivity contribution < 1.29 is 58.2 Å². The summed E-state index contributed by atoms with van der Waals surface area (Å²) in [6.45, 7) is 5.68. The first-order valence-electron chi connectivity index (χ1n) is 29.9. The number of carbonyl (C=O) groups excluding carboxylic acids is 3. The minimum absolute atomic E-state index is 0.0301. The quantitative estimate of drug-likeness (QED) is 0.0228. The highest BCUT2D eigenvalue weighted by Crippen LogP contribution is 2.26. The molecule has 1 heterocycles. The van der Waals surface area contributed by atoms with Crippen LogP contribution in [0.15, 0.2) is 109 Å². The number of rotatable bonds is 49. The van der Waals surface area contributed by atoms with Crippen LogP contribution in [0, 0.1) is 0 Å². The molecule has 6 unspecified atom stereocenters. The highest BCUT2D eigenvalue weighted by Gasteiger charge is 2.50. The number of carboxylic acids is 1. The van der Waals surface area contributed by atoms with Crippen LogP contribution >= 0.6 is 0 Å². The maximum atomic E-state index is 13.1. The highest BCUT2D eigenvalue weighted by molar-refractivity contribution is 5.74. The lowest BCUT2D eigenvalue weighted by Gasteiger charge is -2.40. The fourth-order valence-electron chi connectivity index (χ4n) is 8.36. The summed E-state index contributed by atoms with van der Waals surface area (Å²) in [4.78, 5) is 51.1. The molecule has 0 radical (unpaired) electrons. The number of aliphatic carboxylic acids is 1. The molecule has 77 heavy (non-hydrogen) atoms. The lowest BCUT2D eigenvalue weighted by molar-refractivity contribution is -0.301. The summed E-state index contributed by atoms with van der Waals surface area (Å²) in [7, 11) is 0. The number of aliphatic hydroxyl groups excluding tert-OH is 2. The van der Waals surface area contributed by atoms with E-state index in [4.69, 9.17) is 23.7 Å². The SMILES string of the molecule is CC/C=C\C/C=C\C/C=C\C/C=C\C/C=C\CCCC(=O)OC1C(OCC(COC(=O)CCCCCCCCCCCCCCCCCCC)OC(=O)CC/C=C\C/C=C\C/C=C\C/C=C\CC)OC(C(=O)O)C(O)C1O. The minimum Gasteiger partial charge on any atom is -0.479 e. The van der Waals surface area contributed by atoms with E-state index in [1.165, 1.54) is 83.5 Å². The van der Waals surface area contributed by atoms with Crippen LogP contribution in [0.4, 0.5) is 0 Å². The van der Waals surface area contributed by atoms with Crippen LogP contribution in [0.5, 0.6) is 0 Å². The van der Waals surface area contributed by atoms with E-state index in [1.54, 1.807) is 0 Å². The van der Waals surface area contributed by atoms with Crippen LogP contribution in [0.2, 0.25) is 0 Å². The molecule has 0 aromatic rings. The molecule has 12 nitrogen and oxygen atoms in total. The van der Waals surface area contributed by atoms with Crippen molar-refractivity contribution in [3.63, 3.8) is 0 Å². The van der Waals surface area contributed by atoms with Gasteiger partial charge in [0.05, 0.1) is 6.61 Å². The van der Waals surface area contributed by atoms with Gasteiger partial charge in [0.15, 0.2) is 24.6 Å². The predicted octanol–water partition coefficient (Wildman–Crippen LogP) is 15.4. The standard InChI is InChI=1S/C65H104O12/c1-4-7-10-13-16-19-22-25-27-29-31-34-36-39-42-45-48-51-57(66)73-54-56(75-58(67)52-49-46-43-40-37-33-24-21-18-15-12-9-6-3)55-74-65-63(61(70)60(69)62(77-65)64(71)72)76-59(68)53-50-47-44-41-38-35-32-30-28-26-23-20-17-14-11-8-5-2/h8-9,11-12,17-18,20-21,26,28,32-33,35,37,41,43-44,46,56,60-63,65,69-70H,4-7,10,13-16,19,22-25,27,29-31,34,36,38-40,42,45,47-55H2,1-3H3,(H,71,72)/b11-8-,12-9-,20-17-,21-18-,28-26-,35-32-,37-33-,44-41-,46-43-. The van der Waals surface area contributed by atoms with Gasteiger partial charge in [-0.25, -0.2) is 4.79 Å². The molecule has 0 bridgehead atoms.